The van der Waals surface area contributed by atoms with E-state index in [2.05, 4.69) is 11.8 Å². The number of methoxy groups -OCH3 is 1. The van der Waals surface area contributed by atoms with Gasteiger partial charge in [-0.05, 0) is 48.4 Å². The van der Waals surface area contributed by atoms with Crippen molar-refractivity contribution in [2.75, 3.05) is 7.11 Å². The van der Waals surface area contributed by atoms with Gasteiger partial charge in [-0.2, -0.15) is 0 Å². The second-order valence-electron chi connectivity index (χ2n) is 3.97. The van der Waals surface area contributed by atoms with Crippen molar-refractivity contribution >= 4 is 29.0 Å². The van der Waals surface area contributed by atoms with Crippen LogP contribution in [-0.2, 0) is 0 Å². The minimum absolute atomic E-state index is 0.329. The van der Waals surface area contributed by atoms with E-state index in [1.807, 2.05) is 0 Å². The Hall–Kier alpha value is -1.95. The monoisotopic (exact) mass is 304 g/mol. The van der Waals surface area contributed by atoms with Gasteiger partial charge in [-0.3, -0.25) is 4.79 Å². The van der Waals surface area contributed by atoms with Crippen LogP contribution < -0.4 is 4.74 Å². The van der Waals surface area contributed by atoms with Gasteiger partial charge in [-0.25, -0.2) is 0 Å². The highest BCUT2D eigenvalue weighted by molar-refractivity contribution is 6.35. The zero-order valence-corrected chi connectivity index (χ0v) is 12.1. The van der Waals surface area contributed by atoms with Crippen LogP contribution in [0.4, 0.5) is 0 Å². The van der Waals surface area contributed by atoms with Crippen molar-refractivity contribution in [1.82, 2.24) is 0 Å². The van der Waals surface area contributed by atoms with Gasteiger partial charge in [0.1, 0.15) is 5.75 Å². The summed E-state index contributed by atoms with van der Waals surface area (Å²) in [6.07, 6.45) is 0. The lowest BCUT2D eigenvalue weighted by Gasteiger charge is -1.98. The first kappa shape index (κ1) is 14.5. The number of Topliss-reactive ketones (excluding diaryl/α,β-unsaturated/α-hetero) is 1. The third-order valence-corrected chi connectivity index (χ3v) is 2.97. The van der Waals surface area contributed by atoms with E-state index in [4.69, 9.17) is 27.9 Å². The maximum atomic E-state index is 11.9. The van der Waals surface area contributed by atoms with Gasteiger partial charge in [0.05, 0.1) is 7.11 Å². The molecule has 0 aliphatic carbocycles. The first-order chi connectivity index (χ1) is 9.58. The molecule has 2 nitrogen and oxygen atoms in total. The maximum absolute atomic E-state index is 11.9. The van der Waals surface area contributed by atoms with Gasteiger partial charge in [0, 0.05) is 21.2 Å². The Kier molecular flexibility index (Phi) is 4.68. The molecule has 0 aliphatic heterocycles. The fourth-order valence-corrected chi connectivity index (χ4v) is 2.09. The third kappa shape index (κ3) is 3.77. The van der Waals surface area contributed by atoms with Crippen molar-refractivity contribution < 1.29 is 9.53 Å². The van der Waals surface area contributed by atoms with Gasteiger partial charge in [-0.15, -0.1) is 0 Å². The molecular formula is C16H10Cl2O2. The maximum Gasteiger partial charge on any atom is 0.236 e. The Labute approximate surface area is 127 Å². The number of rotatable bonds is 2. The fourth-order valence-electron chi connectivity index (χ4n) is 1.56. The van der Waals surface area contributed by atoms with E-state index in [0.717, 1.165) is 11.3 Å². The van der Waals surface area contributed by atoms with Crippen LogP contribution in [0.3, 0.4) is 0 Å². The first-order valence-electron chi connectivity index (χ1n) is 5.75. The molecule has 0 fully saturated rings. The van der Waals surface area contributed by atoms with Gasteiger partial charge in [-0.1, -0.05) is 29.1 Å². The quantitative estimate of drug-likeness (QED) is 0.613. The summed E-state index contributed by atoms with van der Waals surface area (Å²) in [5, 5.41) is 0.819. The molecule has 2 aromatic rings. The van der Waals surface area contributed by atoms with Gasteiger partial charge in [0.15, 0.2) is 0 Å². The number of hydrogen-bond donors (Lipinski definition) is 0. The molecule has 0 aliphatic rings. The standard InChI is InChI=1S/C16H10Cl2O2/c1-20-15-5-2-11(3-6-15)4-7-16(19)12-8-13(17)10-14(18)9-12/h2-3,5-6,8-10H,1H3. The summed E-state index contributed by atoms with van der Waals surface area (Å²) in [4.78, 5) is 11.9. The van der Waals surface area contributed by atoms with Gasteiger partial charge >= 0.3 is 0 Å². The highest BCUT2D eigenvalue weighted by Crippen LogP contribution is 2.19. The molecule has 2 aromatic carbocycles. The summed E-state index contributed by atoms with van der Waals surface area (Å²) in [7, 11) is 1.59. The average Bonchev–Trinajstić information content (AvgIpc) is 2.44. The van der Waals surface area contributed by atoms with Crippen LogP contribution in [0, 0.1) is 11.8 Å². The molecule has 0 aromatic heterocycles. The lowest BCUT2D eigenvalue weighted by molar-refractivity contribution is 0.105. The summed E-state index contributed by atoms with van der Waals surface area (Å²) < 4.78 is 5.05. The molecule has 0 N–H and O–H groups in total. The Morgan fingerprint density at radius 3 is 2.20 bits per heavy atom. The second kappa shape index (κ2) is 6.47. The van der Waals surface area contributed by atoms with Crippen molar-refractivity contribution in [2.45, 2.75) is 0 Å². The molecule has 0 saturated carbocycles. The van der Waals surface area contributed by atoms with Gasteiger partial charge in [0.25, 0.3) is 0 Å². The molecular weight excluding hydrogens is 295 g/mol. The number of ether oxygens (including phenoxy) is 1. The predicted molar refractivity (Wildman–Crippen MR) is 80.7 cm³/mol. The van der Waals surface area contributed by atoms with Gasteiger partial charge < -0.3 is 4.74 Å². The third-order valence-electron chi connectivity index (χ3n) is 2.54. The minimum atomic E-state index is -0.329. The van der Waals surface area contributed by atoms with Crippen molar-refractivity contribution in [2.24, 2.45) is 0 Å². The first-order valence-corrected chi connectivity index (χ1v) is 6.50. The van der Waals surface area contributed by atoms with Crippen LogP contribution in [0.2, 0.25) is 10.0 Å². The largest absolute Gasteiger partial charge is 0.497 e. The molecule has 2 rings (SSSR count). The summed E-state index contributed by atoms with van der Waals surface area (Å²) in [6, 6.07) is 11.8. The van der Waals surface area contributed by atoms with E-state index in [1.54, 1.807) is 49.6 Å². The van der Waals surface area contributed by atoms with E-state index < -0.39 is 0 Å². The van der Waals surface area contributed by atoms with E-state index in [0.29, 0.717) is 15.6 Å². The summed E-state index contributed by atoms with van der Waals surface area (Å²) in [6.45, 7) is 0. The lowest BCUT2D eigenvalue weighted by atomic mass is 10.1. The summed E-state index contributed by atoms with van der Waals surface area (Å²) in [5.74, 6) is 5.76. The number of carbonyl (C=O) groups excluding carboxylic acids is 1. The predicted octanol–water partition coefficient (Wildman–Crippen LogP) is 4.24. The smallest absolute Gasteiger partial charge is 0.236 e. The van der Waals surface area contributed by atoms with Crippen LogP contribution in [0.5, 0.6) is 5.75 Å². The molecule has 0 spiro atoms. The van der Waals surface area contributed by atoms with Crippen LogP contribution in [0.25, 0.3) is 0 Å². The molecule has 0 amide bonds. The number of carbonyl (C=O) groups is 1. The second-order valence-corrected chi connectivity index (χ2v) is 4.84. The van der Waals surface area contributed by atoms with E-state index in [1.165, 1.54) is 0 Å². The van der Waals surface area contributed by atoms with Crippen molar-refractivity contribution in [1.29, 1.82) is 0 Å². The molecule has 20 heavy (non-hydrogen) atoms. The van der Waals surface area contributed by atoms with Crippen LogP contribution in [0.15, 0.2) is 42.5 Å². The molecule has 100 valence electrons. The van der Waals surface area contributed by atoms with E-state index >= 15 is 0 Å². The normalized spacial score (nSPS) is 9.55. The van der Waals surface area contributed by atoms with Crippen LogP contribution in [0.1, 0.15) is 15.9 Å². The lowest BCUT2D eigenvalue weighted by Crippen LogP contribution is -1.95. The Morgan fingerprint density at radius 2 is 1.65 bits per heavy atom. The number of ketones is 1. The average molecular weight is 305 g/mol. The Morgan fingerprint density at radius 1 is 1.05 bits per heavy atom. The number of hydrogen-bond acceptors (Lipinski definition) is 2. The molecule has 0 bridgehead atoms. The highest BCUT2D eigenvalue weighted by Gasteiger charge is 2.05. The van der Waals surface area contributed by atoms with Gasteiger partial charge in [0.2, 0.25) is 5.78 Å². The minimum Gasteiger partial charge on any atom is -0.497 e. The van der Waals surface area contributed by atoms with Crippen molar-refractivity contribution in [3.8, 4) is 17.6 Å². The van der Waals surface area contributed by atoms with E-state index in [9.17, 15) is 4.79 Å². The number of halogens is 2. The zero-order valence-electron chi connectivity index (χ0n) is 10.6. The topological polar surface area (TPSA) is 26.3 Å². The highest BCUT2D eigenvalue weighted by atomic mass is 35.5. The van der Waals surface area contributed by atoms with Crippen molar-refractivity contribution in [3.63, 3.8) is 0 Å². The molecule has 4 heteroatoms. The molecule has 0 unspecified atom stereocenters. The zero-order chi connectivity index (χ0) is 14.5. The van der Waals surface area contributed by atoms with E-state index in [-0.39, 0.29) is 5.78 Å². The van der Waals surface area contributed by atoms with Crippen LogP contribution >= 0.6 is 23.2 Å². The van der Waals surface area contributed by atoms with Crippen molar-refractivity contribution in [3.05, 3.63) is 63.6 Å². The molecule has 0 radical (unpaired) electrons. The van der Waals surface area contributed by atoms with Crippen LogP contribution in [-0.4, -0.2) is 12.9 Å². The summed E-state index contributed by atoms with van der Waals surface area (Å²) in [5.41, 5.74) is 1.11. The molecule has 0 saturated heterocycles. The SMILES string of the molecule is COc1ccc(C#CC(=O)c2cc(Cl)cc(Cl)c2)cc1. The molecule has 0 heterocycles. The summed E-state index contributed by atoms with van der Waals surface area (Å²) >= 11 is 11.7. The Balaban J connectivity index is 2.20. The Bertz CT molecular complexity index is 674. The fraction of sp³-hybridized carbons (Fsp3) is 0.0625. The number of benzene rings is 2. The molecule has 0 atom stereocenters.